The second-order valence-corrected chi connectivity index (χ2v) is 1.61. The van der Waals surface area contributed by atoms with Gasteiger partial charge in [-0.2, -0.15) is 0 Å². The smallest absolute Gasteiger partial charge is 0.306 e. The molecule has 1 fully saturated rings. The van der Waals surface area contributed by atoms with Gasteiger partial charge in [0.25, 0.3) is 0 Å². The van der Waals surface area contributed by atoms with Crippen molar-refractivity contribution in [1.82, 2.24) is 0 Å². The Morgan fingerprint density at radius 1 is 1.57 bits per heavy atom. The predicted octanol–water partition coefficient (Wildman–Crippen LogP) is 0.479. The van der Waals surface area contributed by atoms with Crippen LogP contribution in [-0.4, -0.2) is 11.1 Å². The Morgan fingerprint density at radius 2 is 2.00 bits per heavy atom. The van der Waals surface area contributed by atoms with E-state index in [1.54, 1.807) is 0 Å². The molecule has 1 N–H and O–H groups in total. The van der Waals surface area contributed by atoms with Crippen molar-refractivity contribution in [2.24, 2.45) is 5.92 Å². The summed E-state index contributed by atoms with van der Waals surface area (Å²) in [6.45, 7) is 0. The van der Waals surface area contributed by atoms with Crippen LogP contribution in [0.5, 0.6) is 0 Å². The number of carboxylic acids is 1. The first kappa shape index (κ1) is 7.34. The molecule has 1 rings (SSSR count). The van der Waals surface area contributed by atoms with Crippen LogP contribution in [0.15, 0.2) is 0 Å². The summed E-state index contributed by atoms with van der Waals surface area (Å²) in [6, 6.07) is 0. The zero-order chi connectivity index (χ0) is 4.57. The van der Waals surface area contributed by atoms with Gasteiger partial charge in [0, 0.05) is 25.8 Å². The number of carboxylic acid groups (broad SMARTS) is 1. The Balaban J connectivity index is 0.000000360. The summed E-state index contributed by atoms with van der Waals surface area (Å²) >= 11 is 0. The summed E-state index contributed by atoms with van der Waals surface area (Å²) in [5.41, 5.74) is 0. The van der Waals surface area contributed by atoms with Crippen LogP contribution in [0.2, 0.25) is 0 Å². The van der Waals surface area contributed by atoms with E-state index in [-0.39, 0.29) is 31.8 Å². The van der Waals surface area contributed by atoms with Gasteiger partial charge in [-0.05, 0) is 12.8 Å². The van der Waals surface area contributed by atoms with Crippen LogP contribution in [-0.2, 0) is 30.6 Å². The molecule has 0 aromatic carbocycles. The summed E-state index contributed by atoms with van der Waals surface area (Å²) in [5, 5.41) is 8.05. The van der Waals surface area contributed by atoms with E-state index < -0.39 is 5.97 Å². The van der Waals surface area contributed by atoms with Crippen LogP contribution in [0.3, 0.4) is 0 Å². The summed E-state index contributed by atoms with van der Waals surface area (Å²) in [4.78, 5) is 9.76. The molecule has 0 bridgehead atoms. The Hall–Kier alpha value is 0.340. The molecule has 0 aromatic rings. The van der Waals surface area contributed by atoms with E-state index in [4.69, 9.17) is 5.11 Å². The summed E-state index contributed by atoms with van der Waals surface area (Å²) in [6.07, 6.45) is 1.80. The second kappa shape index (κ2) is 2.60. The van der Waals surface area contributed by atoms with Crippen molar-refractivity contribution in [1.29, 1.82) is 0 Å². The van der Waals surface area contributed by atoms with Gasteiger partial charge in [0.1, 0.15) is 0 Å². The molecular formula is C4H6HfO2. The molecule has 0 saturated heterocycles. The van der Waals surface area contributed by atoms with Crippen LogP contribution in [0.4, 0.5) is 0 Å². The van der Waals surface area contributed by atoms with E-state index in [0.717, 1.165) is 12.8 Å². The Kier molecular flexibility index (Phi) is 2.73. The Morgan fingerprint density at radius 3 is 2.00 bits per heavy atom. The molecule has 0 amide bonds. The molecule has 2 nitrogen and oxygen atoms in total. The van der Waals surface area contributed by atoms with Gasteiger partial charge in [0.2, 0.25) is 0 Å². The van der Waals surface area contributed by atoms with Crippen molar-refractivity contribution in [3.05, 3.63) is 0 Å². The molecule has 0 radical (unpaired) electrons. The average molecular weight is 265 g/mol. The molecule has 0 spiro atoms. The molecular weight excluding hydrogens is 259 g/mol. The fourth-order valence-electron chi connectivity index (χ4n) is 0.330. The van der Waals surface area contributed by atoms with E-state index in [0.29, 0.717) is 0 Å². The molecule has 3 heteroatoms. The van der Waals surface area contributed by atoms with E-state index in [9.17, 15) is 4.79 Å². The van der Waals surface area contributed by atoms with Crippen molar-refractivity contribution in [2.45, 2.75) is 12.8 Å². The third-order valence-corrected chi connectivity index (χ3v) is 0.927. The third-order valence-electron chi connectivity index (χ3n) is 0.927. The summed E-state index contributed by atoms with van der Waals surface area (Å²) in [5.74, 6) is -0.611. The molecule has 0 aliphatic heterocycles. The molecule has 0 heterocycles. The summed E-state index contributed by atoms with van der Waals surface area (Å²) < 4.78 is 0. The van der Waals surface area contributed by atoms with Crippen molar-refractivity contribution in [2.75, 3.05) is 0 Å². The Bertz CT molecular complexity index is 77.8. The summed E-state index contributed by atoms with van der Waals surface area (Å²) in [7, 11) is 0. The maximum absolute atomic E-state index is 9.76. The fraction of sp³-hybridized carbons (Fsp3) is 0.750. The monoisotopic (exact) mass is 266 g/mol. The molecule has 1 aliphatic rings. The van der Waals surface area contributed by atoms with Gasteiger partial charge in [0.15, 0.2) is 0 Å². The minimum atomic E-state index is -0.630. The van der Waals surface area contributed by atoms with Gasteiger partial charge in [-0.15, -0.1) is 0 Å². The van der Waals surface area contributed by atoms with Crippen LogP contribution >= 0.6 is 0 Å². The van der Waals surface area contributed by atoms with Crippen molar-refractivity contribution >= 4 is 5.97 Å². The predicted molar refractivity (Wildman–Crippen MR) is 20.4 cm³/mol. The first-order valence-electron chi connectivity index (χ1n) is 2.03. The van der Waals surface area contributed by atoms with E-state index in [2.05, 4.69) is 0 Å². The minimum Gasteiger partial charge on any atom is -0.481 e. The Labute approximate surface area is 60.7 Å². The van der Waals surface area contributed by atoms with Crippen LogP contribution in [0.1, 0.15) is 12.8 Å². The molecule has 38 valence electrons. The van der Waals surface area contributed by atoms with Gasteiger partial charge in [-0.1, -0.05) is 0 Å². The molecule has 1 saturated carbocycles. The van der Waals surface area contributed by atoms with Gasteiger partial charge < -0.3 is 5.11 Å². The van der Waals surface area contributed by atoms with Gasteiger partial charge in [0.05, 0.1) is 5.92 Å². The number of hydrogen-bond acceptors (Lipinski definition) is 1. The minimum absolute atomic E-state index is 0. The van der Waals surface area contributed by atoms with Crippen LogP contribution in [0.25, 0.3) is 0 Å². The van der Waals surface area contributed by atoms with Crippen LogP contribution in [0, 0.1) is 5.92 Å². The zero-order valence-electron chi connectivity index (χ0n) is 3.85. The SMILES string of the molecule is O=C(O)C1CC1.[Hf]. The first-order chi connectivity index (χ1) is 2.80. The normalized spacial score (nSPS) is 17.7. The zero-order valence-corrected chi connectivity index (χ0v) is 7.44. The standard InChI is InChI=1S/C4H6O2.Hf/c5-4(6)3-1-2-3;/h3H,1-2H2,(H,5,6);. The fourth-order valence-corrected chi connectivity index (χ4v) is 0.330. The molecule has 0 atom stereocenters. The number of hydrogen-bond donors (Lipinski definition) is 1. The van der Waals surface area contributed by atoms with Crippen molar-refractivity contribution < 1.29 is 35.7 Å². The maximum Gasteiger partial charge on any atom is 0.306 e. The number of carbonyl (C=O) groups is 1. The van der Waals surface area contributed by atoms with E-state index in [1.165, 1.54) is 0 Å². The van der Waals surface area contributed by atoms with Gasteiger partial charge in [-0.3, -0.25) is 4.79 Å². The quantitative estimate of drug-likeness (QED) is 0.700. The number of aliphatic carboxylic acids is 1. The largest absolute Gasteiger partial charge is 0.481 e. The number of rotatable bonds is 1. The second-order valence-electron chi connectivity index (χ2n) is 1.61. The molecule has 0 unspecified atom stereocenters. The van der Waals surface area contributed by atoms with Crippen molar-refractivity contribution in [3.63, 3.8) is 0 Å². The molecule has 7 heavy (non-hydrogen) atoms. The van der Waals surface area contributed by atoms with Crippen LogP contribution < -0.4 is 0 Å². The van der Waals surface area contributed by atoms with Gasteiger partial charge in [-0.25, -0.2) is 0 Å². The first-order valence-corrected chi connectivity index (χ1v) is 2.03. The molecule has 0 aromatic heterocycles. The average Bonchev–Trinajstić information content (AvgIpc) is 2.06. The maximum atomic E-state index is 9.76. The van der Waals surface area contributed by atoms with Crippen molar-refractivity contribution in [3.8, 4) is 0 Å². The van der Waals surface area contributed by atoms with E-state index >= 15 is 0 Å². The third kappa shape index (κ3) is 2.22. The van der Waals surface area contributed by atoms with Gasteiger partial charge >= 0.3 is 5.97 Å². The molecule has 1 aliphatic carbocycles. The topological polar surface area (TPSA) is 37.3 Å². The van der Waals surface area contributed by atoms with E-state index in [1.807, 2.05) is 0 Å².